The number of carboxylic acids is 1. The normalized spacial score (nSPS) is 15.4. The van der Waals surface area contributed by atoms with Gasteiger partial charge in [-0.15, -0.1) is 0 Å². The maximum absolute atomic E-state index is 10.6. The van der Waals surface area contributed by atoms with Crippen molar-refractivity contribution in [2.24, 2.45) is 0 Å². The zero-order valence-corrected chi connectivity index (χ0v) is 14.5. The Hall–Kier alpha value is -2.38. The summed E-state index contributed by atoms with van der Waals surface area (Å²) in [6.45, 7) is 8.61. The first-order chi connectivity index (χ1) is 12.1. The van der Waals surface area contributed by atoms with E-state index in [2.05, 4.69) is 35.1 Å². The van der Waals surface area contributed by atoms with Crippen molar-refractivity contribution in [2.45, 2.75) is 25.6 Å². The molecular weight excluding hydrogens is 353 g/mol. The van der Waals surface area contributed by atoms with Gasteiger partial charge in [0.2, 0.25) is 0 Å². The summed E-state index contributed by atoms with van der Waals surface area (Å²) in [6.07, 6.45) is -3.38. The number of aromatic nitrogens is 1. The minimum Gasteiger partial charge on any atom is -0.475 e. The maximum Gasteiger partial charge on any atom is 0.490 e. The molecule has 2 N–H and O–H groups in total. The number of nitriles is 1. The number of nitrogens with one attached hydrogen (secondary N) is 1. The Balaban J connectivity index is 0.000000412. The summed E-state index contributed by atoms with van der Waals surface area (Å²) in [4.78, 5) is 15.5. The van der Waals surface area contributed by atoms with Crippen LogP contribution in [-0.4, -0.2) is 65.5 Å². The Morgan fingerprint density at radius 3 is 2.50 bits per heavy atom. The van der Waals surface area contributed by atoms with E-state index in [1.165, 1.54) is 0 Å². The van der Waals surface area contributed by atoms with E-state index < -0.39 is 12.1 Å². The highest BCUT2D eigenvalue weighted by molar-refractivity contribution is 5.73. The third-order valence-electron chi connectivity index (χ3n) is 3.73. The zero-order chi connectivity index (χ0) is 19.8. The molecule has 0 spiro atoms. The van der Waals surface area contributed by atoms with Crippen LogP contribution >= 0.6 is 0 Å². The average molecular weight is 374 g/mol. The van der Waals surface area contributed by atoms with Crippen LogP contribution in [0, 0.1) is 11.3 Å². The van der Waals surface area contributed by atoms with Crippen LogP contribution in [0.5, 0.6) is 0 Å². The smallest absolute Gasteiger partial charge is 0.475 e. The molecule has 1 aromatic heterocycles. The van der Waals surface area contributed by atoms with E-state index in [1.807, 2.05) is 0 Å². The van der Waals surface area contributed by atoms with Crippen molar-refractivity contribution in [3.05, 3.63) is 23.9 Å². The van der Waals surface area contributed by atoms with Crippen LogP contribution in [0.1, 0.15) is 19.4 Å². The Labute approximate surface area is 149 Å². The number of alkyl halides is 3. The summed E-state index contributed by atoms with van der Waals surface area (Å²) >= 11 is 0. The van der Waals surface area contributed by atoms with Gasteiger partial charge in [0, 0.05) is 31.4 Å². The van der Waals surface area contributed by atoms with E-state index in [-0.39, 0.29) is 5.54 Å². The molecule has 0 atom stereocenters. The van der Waals surface area contributed by atoms with Gasteiger partial charge in [0.15, 0.2) is 0 Å². The molecule has 144 valence electrons. The average Bonchev–Trinajstić information content (AvgIpc) is 2.61. The SMILES string of the molecule is CC(C)(CNc1ncccc1C#N)N1CCOCC1.O=C(O)C(F)(F)F. The van der Waals surface area contributed by atoms with Crippen molar-refractivity contribution in [1.29, 1.82) is 5.26 Å². The lowest BCUT2D eigenvalue weighted by molar-refractivity contribution is -0.192. The summed E-state index contributed by atoms with van der Waals surface area (Å²) in [5, 5.41) is 19.5. The number of nitrogens with zero attached hydrogens (tertiary/aromatic N) is 3. The molecule has 0 aliphatic carbocycles. The number of anilines is 1. The van der Waals surface area contributed by atoms with E-state index in [0.29, 0.717) is 11.4 Å². The van der Waals surface area contributed by atoms with Crippen LogP contribution in [-0.2, 0) is 9.53 Å². The Morgan fingerprint density at radius 2 is 2.00 bits per heavy atom. The minimum absolute atomic E-state index is 0.00796. The molecule has 0 aromatic carbocycles. The maximum atomic E-state index is 10.6. The molecule has 0 amide bonds. The number of carboxylic acid groups (broad SMARTS) is 1. The molecule has 1 aromatic rings. The predicted molar refractivity (Wildman–Crippen MR) is 87.6 cm³/mol. The van der Waals surface area contributed by atoms with Gasteiger partial charge in [0.25, 0.3) is 0 Å². The molecule has 2 heterocycles. The predicted octanol–water partition coefficient (Wildman–Crippen LogP) is 2.11. The lowest BCUT2D eigenvalue weighted by atomic mass is 10.0. The van der Waals surface area contributed by atoms with Crippen molar-refractivity contribution in [3.8, 4) is 6.07 Å². The van der Waals surface area contributed by atoms with Crippen molar-refractivity contribution in [2.75, 3.05) is 38.2 Å². The summed E-state index contributed by atoms with van der Waals surface area (Å²) < 4.78 is 37.1. The van der Waals surface area contributed by atoms with Gasteiger partial charge in [0.1, 0.15) is 11.9 Å². The first kappa shape index (κ1) is 21.7. The fourth-order valence-corrected chi connectivity index (χ4v) is 2.22. The monoisotopic (exact) mass is 374 g/mol. The molecule has 2 rings (SSSR count). The van der Waals surface area contributed by atoms with E-state index >= 15 is 0 Å². The van der Waals surface area contributed by atoms with Crippen molar-refractivity contribution < 1.29 is 27.8 Å². The molecule has 1 aliphatic heterocycles. The summed E-state index contributed by atoms with van der Waals surface area (Å²) in [6, 6.07) is 5.70. The number of aliphatic carboxylic acids is 1. The van der Waals surface area contributed by atoms with Crippen molar-refractivity contribution in [3.63, 3.8) is 0 Å². The highest BCUT2D eigenvalue weighted by Gasteiger charge is 2.38. The van der Waals surface area contributed by atoms with Crippen LogP contribution < -0.4 is 5.32 Å². The summed E-state index contributed by atoms with van der Waals surface area (Å²) in [5.74, 6) is -2.10. The quantitative estimate of drug-likeness (QED) is 0.833. The van der Waals surface area contributed by atoms with Gasteiger partial charge in [-0.3, -0.25) is 4.90 Å². The lowest BCUT2D eigenvalue weighted by Crippen LogP contribution is -2.53. The molecule has 1 fully saturated rings. The number of morpholine rings is 1. The van der Waals surface area contributed by atoms with Crippen molar-refractivity contribution in [1.82, 2.24) is 9.88 Å². The fourth-order valence-electron chi connectivity index (χ4n) is 2.22. The Bertz CT molecular complexity index is 638. The van der Waals surface area contributed by atoms with Gasteiger partial charge in [-0.05, 0) is 26.0 Å². The molecular formula is C16H21F3N4O3. The second-order valence-electron chi connectivity index (χ2n) is 6.08. The van der Waals surface area contributed by atoms with Gasteiger partial charge in [0.05, 0.1) is 18.8 Å². The number of hydrogen-bond donors (Lipinski definition) is 2. The summed E-state index contributed by atoms with van der Waals surface area (Å²) in [7, 11) is 0. The van der Waals surface area contributed by atoms with Gasteiger partial charge >= 0.3 is 12.1 Å². The largest absolute Gasteiger partial charge is 0.490 e. The number of hydrogen-bond acceptors (Lipinski definition) is 6. The molecule has 0 saturated carbocycles. The second kappa shape index (κ2) is 9.35. The second-order valence-corrected chi connectivity index (χ2v) is 6.08. The van der Waals surface area contributed by atoms with E-state index in [4.69, 9.17) is 19.9 Å². The van der Waals surface area contributed by atoms with E-state index in [0.717, 1.165) is 32.8 Å². The number of rotatable bonds is 4. The Kier molecular flexibility index (Phi) is 7.79. The summed E-state index contributed by atoms with van der Waals surface area (Å²) in [5.41, 5.74) is 0.592. The minimum atomic E-state index is -5.08. The number of halogens is 3. The van der Waals surface area contributed by atoms with Crippen molar-refractivity contribution >= 4 is 11.8 Å². The van der Waals surface area contributed by atoms with E-state index in [1.54, 1.807) is 18.3 Å². The number of ether oxygens (including phenoxy) is 1. The molecule has 0 radical (unpaired) electrons. The number of pyridine rings is 1. The molecule has 0 unspecified atom stereocenters. The molecule has 1 aliphatic rings. The van der Waals surface area contributed by atoms with Crippen LogP contribution in [0.3, 0.4) is 0 Å². The van der Waals surface area contributed by atoms with Gasteiger partial charge in [-0.25, -0.2) is 9.78 Å². The Morgan fingerprint density at radius 1 is 1.42 bits per heavy atom. The third kappa shape index (κ3) is 6.85. The molecule has 7 nitrogen and oxygen atoms in total. The van der Waals surface area contributed by atoms with Crippen LogP contribution in [0.25, 0.3) is 0 Å². The van der Waals surface area contributed by atoms with Gasteiger partial charge in [-0.2, -0.15) is 18.4 Å². The van der Waals surface area contributed by atoms with Crippen LogP contribution in [0.15, 0.2) is 18.3 Å². The molecule has 0 bridgehead atoms. The fraction of sp³-hybridized carbons (Fsp3) is 0.562. The molecule has 10 heteroatoms. The first-order valence-corrected chi connectivity index (χ1v) is 7.80. The standard InChI is InChI=1S/C14H20N4O.C2HF3O2/c1-14(2,18-6-8-19-9-7-18)11-17-13-12(10-15)4-3-5-16-13;3-2(4,5)1(6)7/h3-5H,6-9,11H2,1-2H3,(H,16,17);(H,6,7). The third-order valence-corrected chi connectivity index (χ3v) is 3.73. The number of carbonyl (C=O) groups is 1. The van der Waals surface area contributed by atoms with Crippen LogP contribution in [0.2, 0.25) is 0 Å². The van der Waals surface area contributed by atoms with Crippen LogP contribution in [0.4, 0.5) is 19.0 Å². The van der Waals surface area contributed by atoms with E-state index in [9.17, 15) is 13.2 Å². The highest BCUT2D eigenvalue weighted by Crippen LogP contribution is 2.18. The van der Waals surface area contributed by atoms with Gasteiger partial charge < -0.3 is 15.2 Å². The molecule has 26 heavy (non-hydrogen) atoms. The lowest BCUT2D eigenvalue weighted by Gasteiger charge is -2.41. The molecule has 1 saturated heterocycles. The topological polar surface area (TPSA) is 98.5 Å². The first-order valence-electron chi connectivity index (χ1n) is 7.80. The van der Waals surface area contributed by atoms with Gasteiger partial charge in [-0.1, -0.05) is 0 Å². The highest BCUT2D eigenvalue weighted by atomic mass is 19.4. The zero-order valence-electron chi connectivity index (χ0n) is 14.5.